The molecule has 0 radical (unpaired) electrons. The Bertz CT molecular complexity index is 1090. The smallest absolute Gasteiger partial charge is 0.409 e. The summed E-state index contributed by atoms with van der Waals surface area (Å²) in [5, 5.41) is 0.743. The van der Waals surface area contributed by atoms with Gasteiger partial charge in [0.15, 0.2) is 0 Å². The first kappa shape index (κ1) is 23.7. The predicted molar refractivity (Wildman–Crippen MR) is 129 cm³/mol. The highest BCUT2D eigenvalue weighted by Gasteiger charge is 2.32. The number of aryl methyl sites for hydroxylation is 2. The van der Waals surface area contributed by atoms with E-state index in [-0.39, 0.29) is 29.4 Å². The molecular formula is C24H34N4O4S. The predicted octanol–water partition coefficient (Wildman–Crippen LogP) is 3.37. The maximum absolute atomic E-state index is 12.9. The molecule has 1 aliphatic carbocycles. The summed E-state index contributed by atoms with van der Waals surface area (Å²) in [7, 11) is 0. The van der Waals surface area contributed by atoms with E-state index in [1.54, 1.807) is 28.1 Å². The Morgan fingerprint density at radius 2 is 1.88 bits per heavy atom. The molecule has 180 valence electrons. The molecule has 1 fully saturated rings. The molecular weight excluding hydrogens is 440 g/mol. The van der Waals surface area contributed by atoms with Crippen molar-refractivity contribution in [2.45, 2.75) is 59.8 Å². The van der Waals surface area contributed by atoms with E-state index >= 15 is 0 Å². The summed E-state index contributed by atoms with van der Waals surface area (Å²) < 4.78 is 5.02. The van der Waals surface area contributed by atoms with Crippen LogP contribution in [0.4, 0.5) is 4.79 Å². The molecule has 0 bridgehead atoms. The topological polar surface area (TPSA) is 95.6 Å². The summed E-state index contributed by atoms with van der Waals surface area (Å²) in [6, 6.07) is 0. The minimum Gasteiger partial charge on any atom is -0.450 e. The highest BCUT2D eigenvalue weighted by Crippen LogP contribution is 2.41. The van der Waals surface area contributed by atoms with Crippen LogP contribution in [0.1, 0.15) is 56.8 Å². The van der Waals surface area contributed by atoms with E-state index in [1.165, 1.54) is 10.4 Å². The number of nitrogens with one attached hydrogen (secondary N) is 1. The van der Waals surface area contributed by atoms with Crippen LogP contribution >= 0.6 is 11.3 Å². The normalized spacial score (nSPS) is 19.0. The molecule has 2 aliphatic rings. The van der Waals surface area contributed by atoms with Crippen molar-refractivity contribution in [2.24, 2.45) is 11.3 Å². The largest absolute Gasteiger partial charge is 0.450 e. The lowest BCUT2D eigenvalue weighted by Crippen LogP contribution is -2.50. The van der Waals surface area contributed by atoms with Gasteiger partial charge in [0.2, 0.25) is 5.91 Å². The molecule has 1 aliphatic heterocycles. The molecule has 0 spiro atoms. The summed E-state index contributed by atoms with van der Waals surface area (Å²) >= 11 is 1.64. The number of piperazine rings is 1. The summed E-state index contributed by atoms with van der Waals surface area (Å²) in [6.45, 7) is 10.9. The third-order valence-corrected chi connectivity index (χ3v) is 8.08. The van der Waals surface area contributed by atoms with Crippen molar-refractivity contribution in [3.8, 4) is 0 Å². The fraction of sp³-hybridized carbons (Fsp3) is 0.667. The molecule has 1 N–H and O–H groups in total. The number of aromatic amines is 1. The second-order valence-electron chi connectivity index (χ2n) is 10.1. The Morgan fingerprint density at radius 3 is 2.55 bits per heavy atom. The second kappa shape index (κ2) is 9.44. The van der Waals surface area contributed by atoms with Crippen molar-refractivity contribution < 1.29 is 14.3 Å². The van der Waals surface area contributed by atoms with Gasteiger partial charge in [-0.15, -0.1) is 11.3 Å². The van der Waals surface area contributed by atoms with Gasteiger partial charge in [-0.3, -0.25) is 9.59 Å². The maximum atomic E-state index is 12.9. The van der Waals surface area contributed by atoms with Gasteiger partial charge in [-0.25, -0.2) is 9.78 Å². The van der Waals surface area contributed by atoms with Gasteiger partial charge in [0.25, 0.3) is 5.56 Å². The van der Waals surface area contributed by atoms with Crippen molar-refractivity contribution in [1.29, 1.82) is 0 Å². The van der Waals surface area contributed by atoms with E-state index in [0.717, 1.165) is 29.5 Å². The summed E-state index contributed by atoms with van der Waals surface area (Å²) in [5.41, 5.74) is 1.34. The standard InChI is InChI=1S/C24H34N4O4S/c1-5-32-23(31)28-12-10-27(11-13-28)19(29)9-8-18-25-21(30)20-16-7-6-15(24(2,3)4)14-17(16)33-22(20)26-18/h15H,5-14H2,1-4H3,(H,25,26,30). The Morgan fingerprint density at radius 1 is 1.18 bits per heavy atom. The van der Waals surface area contributed by atoms with E-state index < -0.39 is 0 Å². The molecule has 33 heavy (non-hydrogen) atoms. The van der Waals surface area contributed by atoms with Crippen molar-refractivity contribution in [3.63, 3.8) is 0 Å². The van der Waals surface area contributed by atoms with Crippen LogP contribution in [0.3, 0.4) is 0 Å². The number of rotatable bonds is 4. The number of hydrogen-bond acceptors (Lipinski definition) is 6. The second-order valence-corrected chi connectivity index (χ2v) is 11.2. The van der Waals surface area contributed by atoms with Crippen molar-refractivity contribution in [2.75, 3.05) is 32.8 Å². The molecule has 0 aromatic carbocycles. The van der Waals surface area contributed by atoms with Gasteiger partial charge in [0, 0.05) is 43.9 Å². The van der Waals surface area contributed by atoms with Crippen LogP contribution < -0.4 is 5.56 Å². The number of carbonyl (C=O) groups is 2. The third-order valence-electron chi connectivity index (χ3n) is 6.93. The molecule has 2 aromatic heterocycles. The first-order valence-electron chi connectivity index (χ1n) is 11.9. The minimum atomic E-state index is -0.327. The minimum absolute atomic E-state index is 0.0137. The van der Waals surface area contributed by atoms with Gasteiger partial charge < -0.3 is 19.5 Å². The number of nitrogens with zero attached hydrogens (tertiary/aromatic N) is 3. The molecule has 4 rings (SSSR count). The highest BCUT2D eigenvalue weighted by molar-refractivity contribution is 7.18. The van der Waals surface area contributed by atoms with Gasteiger partial charge >= 0.3 is 6.09 Å². The van der Waals surface area contributed by atoms with Crippen LogP contribution in [-0.2, 0) is 28.8 Å². The maximum Gasteiger partial charge on any atom is 0.409 e. The molecule has 1 unspecified atom stereocenters. The zero-order chi connectivity index (χ0) is 23.8. The number of carbonyl (C=O) groups excluding carboxylic acids is 2. The average Bonchev–Trinajstić information content (AvgIpc) is 3.15. The monoisotopic (exact) mass is 474 g/mol. The van der Waals surface area contributed by atoms with Crippen LogP contribution in [0.2, 0.25) is 0 Å². The first-order valence-corrected chi connectivity index (χ1v) is 12.7. The van der Waals surface area contributed by atoms with Gasteiger partial charge in [0.1, 0.15) is 10.7 Å². The number of thiophene rings is 1. The van der Waals surface area contributed by atoms with Crippen molar-refractivity contribution >= 4 is 33.6 Å². The zero-order valence-corrected chi connectivity index (χ0v) is 20.8. The van der Waals surface area contributed by atoms with Crippen LogP contribution in [0.15, 0.2) is 4.79 Å². The Balaban J connectivity index is 1.39. The molecule has 0 saturated carbocycles. The molecule has 8 nitrogen and oxygen atoms in total. The lowest BCUT2D eigenvalue weighted by atomic mass is 9.72. The van der Waals surface area contributed by atoms with Gasteiger partial charge in [-0.1, -0.05) is 20.8 Å². The first-order chi connectivity index (χ1) is 15.7. The van der Waals surface area contributed by atoms with E-state index in [1.807, 2.05) is 0 Å². The SMILES string of the molecule is CCOC(=O)N1CCN(C(=O)CCc2nc3sc4c(c3c(=O)[nH]2)CCC(C(C)(C)C)C4)CC1. The number of amides is 2. The molecule has 1 atom stereocenters. The molecule has 2 aromatic rings. The third kappa shape index (κ3) is 5.08. The summed E-state index contributed by atoms with van der Waals surface area (Å²) in [5.74, 6) is 1.19. The quantitative estimate of drug-likeness (QED) is 0.733. The van der Waals surface area contributed by atoms with E-state index in [0.29, 0.717) is 50.9 Å². The zero-order valence-electron chi connectivity index (χ0n) is 20.0. The van der Waals surface area contributed by atoms with E-state index in [9.17, 15) is 14.4 Å². The molecule has 3 heterocycles. The van der Waals surface area contributed by atoms with Gasteiger partial charge in [-0.2, -0.15) is 0 Å². The van der Waals surface area contributed by atoms with Gasteiger partial charge in [-0.05, 0) is 43.1 Å². The fourth-order valence-corrected chi connectivity index (χ4v) is 6.14. The van der Waals surface area contributed by atoms with Crippen LogP contribution in [-0.4, -0.2) is 64.6 Å². The van der Waals surface area contributed by atoms with E-state index in [4.69, 9.17) is 9.72 Å². The number of fused-ring (bicyclic) bond motifs is 3. The Labute approximate surface area is 198 Å². The average molecular weight is 475 g/mol. The van der Waals surface area contributed by atoms with E-state index in [2.05, 4.69) is 25.8 Å². The lowest BCUT2D eigenvalue weighted by Gasteiger charge is -2.34. The highest BCUT2D eigenvalue weighted by atomic mass is 32.1. The van der Waals surface area contributed by atoms with Crippen LogP contribution in [0.5, 0.6) is 0 Å². The van der Waals surface area contributed by atoms with Gasteiger partial charge in [0.05, 0.1) is 12.0 Å². The Hall–Kier alpha value is -2.42. The summed E-state index contributed by atoms with van der Waals surface area (Å²) in [4.78, 5) is 50.5. The molecule has 9 heteroatoms. The molecule has 1 saturated heterocycles. The van der Waals surface area contributed by atoms with Crippen LogP contribution in [0.25, 0.3) is 10.2 Å². The summed E-state index contributed by atoms with van der Waals surface area (Å²) in [6.07, 6.45) is 3.39. The van der Waals surface area contributed by atoms with Crippen molar-refractivity contribution in [3.05, 3.63) is 26.6 Å². The van der Waals surface area contributed by atoms with Crippen molar-refractivity contribution in [1.82, 2.24) is 19.8 Å². The fourth-order valence-electron chi connectivity index (χ4n) is 4.82. The number of H-pyrrole nitrogens is 1. The Kier molecular flexibility index (Phi) is 6.79. The number of ether oxygens (including phenoxy) is 1. The number of hydrogen-bond donors (Lipinski definition) is 1. The molecule has 2 amide bonds. The van der Waals surface area contributed by atoms with Crippen LogP contribution in [0, 0.1) is 11.3 Å². The number of aromatic nitrogens is 2. The lowest BCUT2D eigenvalue weighted by molar-refractivity contribution is -0.132.